The number of hydrogen-bond acceptors (Lipinski definition) is 6. The molecular weight excluding hydrogens is 240 g/mol. The topological polar surface area (TPSA) is 81.5 Å². The number of H-pyrrole nitrogens is 1. The third-order valence-electron chi connectivity index (χ3n) is 2.12. The van der Waals surface area contributed by atoms with Crippen LogP contribution in [0.5, 0.6) is 6.01 Å². The lowest BCUT2D eigenvalue weighted by molar-refractivity contribution is 0.377. The summed E-state index contributed by atoms with van der Waals surface area (Å²) in [7, 11) is 1.51. The standard InChI is InChI=1S/C9H12N6OS/c1-3-4-15-6(5-10-14-15)7-11-8(16-2)13-9(17)12-7/h5H,3-4H2,1-2H3,(H,11,12,13,17). The van der Waals surface area contributed by atoms with Crippen LogP contribution in [0, 0.1) is 4.77 Å². The van der Waals surface area contributed by atoms with Crippen molar-refractivity contribution in [3.8, 4) is 17.5 Å². The highest BCUT2D eigenvalue weighted by Gasteiger charge is 2.10. The van der Waals surface area contributed by atoms with Gasteiger partial charge in [-0.05, 0) is 18.6 Å². The van der Waals surface area contributed by atoms with Crippen molar-refractivity contribution in [2.75, 3.05) is 7.11 Å². The van der Waals surface area contributed by atoms with Gasteiger partial charge in [0.1, 0.15) is 5.69 Å². The molecule has 1 N–H and O–H groups in total. The van der Waals surface area contributed by atoms with Crippen molar-refractivity contribution in [3.63, 3.8) is 0 Å². The average molecular weight is 252 g/mol. The SMILES string of the molecule is CCCn1nncc1-c1nc(=S)nc(OC)[nH]1. The van der Waals surface area contributed by atoms with E-state index in [1.165, 1.54) is 7.11 Å². The highest BCUT2D eigenvalue weighted by molar-refractivity contribution is 7.71. The first kappa shape index (κ1) is 11.6. The van der Waals surface area contributed by atoms with Gasteiger partial charge in [-0.15, -0.1) is 5.10 Å². The van der Waals surface area contributed by atoms with Gasteiger partial charge in [0, 0.05) is 6.54 Å². The van der Waals surface area contributed by atoms with E-state index in [1.807, 2.05) is 0 Å². The second-order valence-corrected chi connectivity index (χ2v) is 3.70. The molecule has 0 radical (unpaired) electrons. The summed E-state index contributed by atoms with van der Waals surface area (Å²) in [5.74, 6) is 0.556. The van der Waals surface area contributed by atoms with E-state index >= 15 is 0 Å². The number of aromatic nitrogens is 6. The molecule has 7 nitrogen and oxygen atoms in total. The van der Waals surface area contributed by atoms with Gasteiger partial charge in [0.15, 0.2) is 5.82 Å². The molecule has 8 heteroatoms. The van der Waals surface area contributed by atoms with E-state index in [0.29, 0.717) is 11.8 Å². The molecule has 0 fully saturated rings. The smallest absolute Gasteiger partial charge is 0.297 e. The lowest BCUT2D eigenvalue weighted by Gasteiger charge is -2.05. The first-order valence-corrected chi connectivity index (χ1v) is 5.56. The van der Waals surface area contributed by atoms with Crippen LogP contribution >= 0.6 is 12.2 Å². The highest BCUT2D eigenvalue weighted by atomic mass is 32.1. The summed E-state index contributed by atoms with van der Waals surface area (Å²) in [5, 5.41) is 7.84. The van der Waals surface area contributed by atoms with Gasteiger partial charge in [-0.1, -0.05) is 12.1 Å². The first-order valence-electron chi connectivity index (χ1n) is 5.15. The van der Waals surface area contributed by atoms with Gasteiger partial charge in [-0.25, -0.2) is 4.68 Å². The Balaban J connectivity index is 2.48. The molecule has 0 saturated heterocycles. The fraction of sp³-hybridized carbons (Fsp3) is 0.444. The molecule has 2 aromatic heterocycles. The molecule has 0 spiro atoms. The lowest BCUT2D eigenvalue weighted by Crippen LogP contribution is -2.05. The maximum absolute atomic E-state index is 5.01. The van der Waals surface area contributed by atoms with E-state index in [1.54, 1.807) is 10.9 Å². The zero-order chi connectivity index (χ0) is 12.3. The molecule has 0 aliphatic heterocycles. The van der Waals surface area contributed by atoms with Gasteiger partial charge in [-0.2, -0.15) is 9.97 Å². The summed E-state index contributed by atoms with van der Waals surface area (Å²) >= 11 is 4.96. The predicted molar refractivity (Wildman–Crippen MR) is 63.1 cm³/mol. The van der Waals surface area contributed by atoms with Crippen LogP contribution in [0.4, 0.5) is 0 Å². The molecule has 0 unspecified atom stereocenters. The molecular formula is C9H12N6OS. The quantitative estimate of drug-likeness (QED) is 0.824. The number of nitrogens with zero attached hydrogens (tertiary/aromatic N) is 5. The normalized spacial score (nSPS) is 10.5. The number of ether oxygens (including phenoxy) is 1. The second-order valence-electron chi connectivity index (χ2n) is 3.33. The molecule has 0 aromatic carbocycles. The summed E-state index contributed by atoms with van der Waals surface area (Å²) in [6.45, 7) is 2.83. The molecule has 0 aliphatic rings. The van der Waals surface area contributed by atoms with E-state index in [9.17, 15) is 0 Å². The van der Waals surface area contributed by atoms with E-state index in [4.69, 9.17) is 17.0 Å². The lowest BCUT2D eigenvalue weighted by atomic mass is 10.4. The van der Waals surface area contributed by atoms with Crippen molar-refractivity contribution in [2.45, 2.75) is 19.9 Å². The van der Waals surface area contributed by atoms with E-state index in [0.717, 1.165) is 18.7 Å². The Labute approximate surface area is 103 Å². The number of methoxy groups -OCH3 is 1. The fourth-order valence-electron chi connectivity index (χ4n) is 1.40. The summed E-state index contributed by atoms with van der Waals surface area (Å²) in [6, 6.07) is 0.323. The zero-order valence-electron chi connectivity index (χ0n) is 9.54. The van der Waals surface area contributed by atoms with Crippen molar-refractivity contribution in [1.29, 1.82) is 0 Å². The molecule has 2 rings (SSSR count). The second kappa shape index (κ2) is 5.00. The van der Waals surface area contributed by atoms with Crippen LogP contribution in [0.15, 0.2) is 6.20 Å². The number of nitrogens with one attached hydrogen (secondary N) is 1. The van der Waals surface area contributed by atoms with Gasteiger partial charge in [0.2, 0.25) is 4.77 Å². The fourth-order valence-corrected chi connectivity index (χ4v) is 1.57. The third kappa shape index (κ3) is 2.47. The molecule has 0 atom stereocenters. The maximum Gasteiger partial charge on any atom is 0.297 e. The average Bonchev–Trinajstić information content (AvgIpc) is 2.77. The largest absolute Gasteiger partial charge is 0.468 e. The van der Waals surface area contributed by atoms with Crippen molar-refractivity contribution < 1.29 is 4.74 Å². The van der Waals surface area contributed by atoms with Crippen LogP contribution in [-0.2, 0) is 6.54 Å². The van der Waals surface area contributed by atoms with Gasteiger partial charge in [0.25, 0.3) is 6.01 Å². The first-order chi connectivity index (χ1) is 8.24. The molecule has 0 aliphatic carbocycles. The Morgan fingerprint density at radius 2 is 2.29 bits per heavy atom. The van der Waals surface area contributed by atoms with Crippen LogP contribution in [0.3, 0.4) is 0 Å². The molecule has 90 valence electrons. The Morgan fingerprint density at radius 3 is 3.00 bits per heavy atom. The Bertz CT molecular complexity index is 563. The van der Waals surface area contributed by atoms with Gasteiger partial charge >= 0.3 is 0 Å². The summed E-state index contributed by atoms with van der Waals surface area (Å²) in [6.07, 6.45) is 2.59. The number of aryl methyl sites for hydroxylation is 1. The summed E-state index contributed by atoms with van der Waals surface area (Å²) in [5.41, 5.74) is 0.763. The van der Waals surface area contributed by atoms with Gasteiger partial charge in [-0.3, -0.25) is 4.98 Å². The molecule has 2 aromatic rings. The highest BCUT2D eigenvalue weighted by Crippen LogP contribution is 2.14. The number of rotatable bonds is 4. The third-order valence-corrected chi connectivity index (χ3v) is 2.30. The van der Waals surface area contributed by atoms with Crippen LogP contribution in [-0.4, -0.2) is 37.1 Å². The minimum absolute atomic E-state index is 0.222. The van der Waals surface area contributed by atoms with Crippen molar-refractivity contribution >= 4 is 12.2 Å². The molecule has 0 saturated carbocycles. The molecule has 17 heavy (non-hydrogen) atoms. The Kier molecular flexibility index (Phi) is 3.43. The van der Waals surface area contributed by atoms with E-state index in [2.05, 4.69) is 32.2 Å². The van der Waals surface area contributed by atoms with E-state index < -0.39 is 0 Å². The van der Waals surface area contributed by atoms with Gasteiger partial charge in [0.05, 0.1) is 13.3 Å². The monoisotopic (exact) mass is 252 g/mol. The minimum Gasteiger partial charge on any atom is -0.468 e. The summed E-state index contributed by atoms with van der Waals surface area (Å²) < 4.78 is 6.99. The number of hydrogen-bond donors (Lipinski definition) is 1. The van der Waals surface area contributed by atoms with Crippen molar-refractivity contribution in [2.24, 2.45) is 0 Å². The van der Waals surface area contributed by atoms with E-state index in [-0.39, 0.29) is 4.77 Å². The Hall–Kier alpha value is -1.83. The van der Waals surface area contributed by atoms with Crippen molar-refractivity contribution in [3.05, 3.63) is 11.0 Å². The molecule has 2 heterocycles. The van der Waals surface area contributed by atoms with Crippen LogP contribution in [0.2, 0.25) is 0 Å². The number of aromatic amines is 1. The minimum atomic E-state index is 0.222. The predicted octanol–water partition coefficient (Wildman–Crippen LogP) is 1.21. The van der Waals surface area contributed by atoms with Crippen molar-refractivity contribution in [1.82, 2.24) is 29.9 Å². The van der Waals surface area contributed by atoms with Crippen LogP contribution in [0.25, 0.3) is 11.5 Å². The molecule has 0 bridgehead atoms. The van der Waals surface area contributed by atoms with Gasteiger partial charge < -0.3 is 4.74 Å². The zero-order valence-corrected chi connectivity index (χ0v) is 10.4. The Morgan fingerprint density at radius 1 is 1.47 bits per heavy atom. The maximum atomic E-state index is 5.01. The van der Waals surface area contributed by atoms with Crippen LogP contribution < -0.4 is 4.74 Å². The summed E-state index contributed by atoms with van der Waals surface area (Å²) in [4.78, 5) is 11.0. The van der Waals surface area contributed by atoms with Crippen LogP contribution in [0.1, 0.15) is 13.3 Å². The molecule has 0 amide bonds.